The van der Waals surface area contributed by atoms with E-state index in [9.17, 15) is 8.42 Å². The van der Waals surface area contributed by atoms with Crippen LogP contribution in [0.25, 0.3) is 0 Å². The highest BCUT2D eigenvalue weighted by Gasteiger charge is 2.14. The molecule has 0 aliphatic carbocycles. The number of primary sulfonamides is 1. The second kappa shape index (κ2) is 5.32. The second-order valence-corrected chi connectivity index (χ2v) is 5.05. The summed E-state index contributed by atoms with van der Waals surface area (Å²) < 4.78 is 22.6. The van der Waals surface area contributed by atoms with E-state index in [0.717, 1.165) is 0 Å². The van der Waals surface area contributed by atoms with Gasteiger partial charge in [-0.05, 0) is 18.2 Å². The van der Waals surface area contributed by atoms with Crippen molar-refractivity contribution in [2.75, 3.05) is 24.2 Å². The second-order valence-electron chi connectivity index (χ2n) is 3.52. The molecule has 0 bridgehead atoms. The lowest BCUT2D eigenvalue weighted by molar-refractivity contribution is 0.105. The lowest BCUT2D eigenvalue weighted by Crippen LogP contribution is -2.24. The van der Waals surface area contributed by atoms with E-state index in [1.807, 2.05) is 0 Å². The molecule has 0 heterocycles. The molecule has 1 rings (SSSR count). The summed E-state index contributed by atoms with van der Waals surface area (Å²) in [6.45, 7) is -0.421. The van der Waals surface area contributed by atoms with Gasteiger partial charge in [0.1, 0.15) is 4.90 Å². The number of anilines is 2. The average Bonchev–Trinajstić information content (AvgIpc) is 2.25. The third kappa shape index (κ3) is 3.86. The van der Waals surface area contributed by atoms with Crippen LogP contribution in [-0.2, 0) is 10.0 Å². The Labute approximate surface area is 99.1 Å². The Balaban J connectivity index is 3.00. The number of aliphatic hydroxyl groups is 2. The van der Waals surface area contributed by atoms with Crippen LogP contribution in [0.15, 0.2) is 23.1 Å². The van der Waals surface area contributed by atoms with E-state index in [0.29, 0.717) is 0 Å². The number of nitrogens with two attached hydrogens (primary N) is 2. The molecule has 0 aliphatic rings. The molecule has 1 aromatic rings. The molecule has 96 valence electrons. The summed E-state index contributed by atoms with van der Waals surface area (Å²) in [5.74, 6) is 0. The molecule has 0 saturated heterocycles. The normalized spacial score (nSPS) is 13.4. The summed E-state index contributed by atoms with van der Waals surface area (Å²) in [5, 5.41) is 25.5. The van der Waals surface area contributed by atoms with E-state index >= 15 is 0 Å². The van der Waals surface area contributed by atoms with Gasteiger partial charge in [0.15, 0.2) is 0 Å². The van der Waals surface area contributed by atoms with Crippen molar-refractivity contribution >= 4 is 21.4 Å². The Morgan fingerprint density at radius 3 is 2.59 bits per heavy atom. The van der Waals surface area contributed by atoms with E-state index in [1.165, 1.54) is 18.2 Å². The van der Waals surface area contributed by atoms with Crippen LogP contribution in [0, 0.1) is 0 Å². The average molecular weight is 261 g/mol. The highest BCUT2D eigenvalue weighted by Crippen LogP contribution is 2.22. The lowest BCUT2D eigenvalue weighted by atomic mass is 10.2. The molecule has 1 atom stereocenters. The number of nitrogen functional groups attached to an aromatic ring is 1. The third-order valence-electron chi connectivity index (χ3n) is 2.05. The summed E-state index contributed by atoms with van der Waals surface area (Å²) in [6.07, 6.45) is -0.985. The van der Waals surface area contributed by atoms with Gasteiger partial charge >= 0.3 is 0 Å². The van der Waals surface area contributed by atoms with Crippen molar-refractivity contribution < 1.29 is 18.6 Å². The van der Waals surface area contributed by atoms with E-state index in [1.54, 1.807) is 0 Å². The maximum Gasteiger partial charge on any atom is 0.240 e. The zero-order chi connectivity index (χ0) is 13.1. The van der Waals surface area contributed by atoms with Crippen LogP contribution in [0.3, 0.4) is 0 Å². The van der Waals surface area contributed by atoms with E-state index < -0.39 is 22.7 Å². The van der Waals surface area contributed by atoms with Gasteiger partial charge in [0.05, 0.1) is 18.4 Å². The van der Waals surface area contributed by atoms with Crippen LogP contribution >= 0.6 is 0 Å². The summed E-state index contributed by atoms with van der Waals surface area (Å²) >= 11 is 0. The summed E-state index contributed by atoms with van der Waals surface area (Å²) in [7, 11) is -3.90. The predicted octanol–water partition coefficient (Wildman–Crippen LogP) is -1.32. The van der Waals surface area contributed by atoms with E-state index in [2.05, 4.69) is 5.32 Å². The maximum atomic E-state index is 11.3. The van der Waals surface area contributed by atoms with Gasteiger partial charge in [-0.15, -0.1) is 0 Å². The van der Waals surface area contributed by atoms with E-state index in [4.69, 9.17) is 21.1 Å². The van der Waals surface area contributed by atoms with Crippen LogP contribution in [-0.4, -0.2) is 37.9 Å². The number of hydrogen-bond donors (Lipinski definition) is 5. The topological polar surface area (TPSA) is 139 Å². The van der Waals surface area contributed by atoms with Gasteiger partial charge in [-0.25, -0.2) is 13.6 Å². The molecule has 0 aromatic heterocycles. The van der Waals surface area contributed by atoms with Crippen LogP contribution in [0.2, 0.25) is 0 Å². The minimum Gasteiger partial charge on any atom is -0.399 e. The quantitative estimate of drug-likeness (QED) is 0.417. The Bertz CT molecular complexity index is 489. The van der Waals surface area contributed by atoms with Crippen LogP contribution in [0.5, 0.6) is 0 Å². The lowest BCUT2D eigenvalue weighted by Gasteiger charge is -2.13. The zero-order valence-corrected chi connectivity index (χ0v) is 9.81. The fourth-order valence-corrected chi connectivity index (χ4v) is 1.96. The van der Waals surface area contributed by atoms with Gasteiger partial charge in [-0.2, -0.15) is 0 Å². The third-order valence-corrected chi connectivity index (χ3v) is 3.00. The molecule has 7 N–H and O–H groups in total. The Kier molecular flexibility index (Phi) is 4.29. The minimum atomic E-state index is -3.90. The Morgan fingerprint density at radius 1 is 1.41 bits per heavy atom. The van der Waals surface area contributed by atoms with Crippen molar-refractivity contribution in [1.29, 1.82) is 0 Å². The first-order chi connectivity index (χ1) is 7.84. The monoisotopic (exact) mass is 261 g/mol. The largest absolute Gasteiger partial charge is 0.399 e. The van der Waals surface area contributed by atoms with Crippen LogP contribution in [0.4, 0.5) is 11.4 Å². The molecule has 0 aliphatic heterocycles. The van der Waals surface area contributed by atoms with Gasteiger partial charge in [0.25, 0.3) is 0 Å². The van der Waals surface area contributed by atoms with Gasteiger partial charge in [-0.3, -0.25) is 0 Å². The number of hydrogen-bond acceptors (Lipinski definition) is 6. The number of aliphatic hydroxyl groups excluding tert-OH is 2. The fraction of sp³-hybridized carbons (Fsp3) is 0.333. The molecule has 1 unspecified atom stereocenters. The molecule has 0 radical (unpaired) electrons. The molecular formula is C9H15N3O4S. The smallest absolute Gasteiger partial charge is 0.240 e. The Morgan fingerprint density at radius 2 is 2.06 bits per heavy atom. The molecule has 17 heavy (non-hydrogen) atoms. The van der Waals surface area contributed by atoms with Gasteiger partial charge in [0, 0.05) is 12.2 Å². The van der Waals surface area contributed by atoms with Gasteiger partial charge in [-0.1, -0.05) is 0 Å². The summed E-state index contributed by atoms with van der Waals surface area (Å²) in [5.41, 5.74) is 5.97. The molecule has 0 amide bonds. The number of benzene rings is 1. The molecule has 0 fully saturated rings. The van der Waals surface area contributed by atoms with Crippen LogP contribution < -0.4 is 16.2 Å². The van der Waals surface area contributed by atoms with Crippen molar-refractivity contribution in [1.82, 2.24) is 0 Å². The fourth-order valence-electron chi connectivity index (χ4n) is 1.21. The van der Waals surface area contributed by atoms with Crippen molar-refractivity contribution in [2.45, 2.75) is 11.0 Å². The first-order valence-electron chi connectivity index (χ1n) is 4.79. The molecule has 1 aromatic carbocycles. The van der Waals surface area contributed by atoms with Crippen molar-refractivity contribution in [3.8, 4) is 0 Å². The van der Waals surface area contributed by atoms with Crippen molar-refractivity contribution in [3.63, 3.8) is 0 Å². The summed E-state index contributed by atoms with van der Waals surface area (Å²) in [4.78, 5) is -0.150. The van der Waals surface area contributed by atoms with Crippen molar-refractivity contribution in [3.05, 3.63) is 18.2 Å². The molecule has 0 spiro atoms. The molecule has 8 heteroatoms. The zero-order valence-electron chi connectivity index (χ0n) is 9.00. The molecule has 0 saturated carbocycles. The molecule has 7 nitrogen and oxygen atoms in total. The minimum absolute atomic E-state index is 0.00291. The SMILES string of the molecule is Nc1ccc(NCC(O)CO)c(S(N)(=O)=O)c1. The van der Waals surface area contributed by atoms with Gasteiger partial charge in [0.2, 0.25) is 10.0 Å². The summed E-state index contributed by atoms with van der Waals surface area (Å²) in [6, 6.07) is 4.17. The Hall–Kier alpha value is -1.35. The van der Waals surface area contributed by atoms with Gasteiger partial charge < -0.3 is 21.3 Å². The molecular weight excluding hydrogens is 246 g/mol. The first-order valence-corrected chi connectivity index (χ1v) is 6.34. The van der Waals surface area contributed by atoms with E-state index in [-0.39, 0.29) is 22.8 Å². The number of rotatable bonds is 5. The predicted molar refractivity (Wildman–Crippen MR) is 63.8 cm³/mol. The van der Waals surface area contributed by atoms with Crippen LogP contribution in [0.1, 0.15) is 0 Å². The highest BCUT2D eigenvalue weighted by molar-refractivity contribution is 7.89. The number of sulfonamides is 1. The van der Waals surface area contributed by atoms with Crippen molar-refractivity contribution in [2.24, 2.45) is 5.14 Å². The standard InChI is InChI=1S/C9H15N3O4S/c10-6-1-2-8(12-4-7(14)5-13)9(3-6)17(11,15)16/h1-3,7,12-14H,4-5,10H2,(H2,11,15,16). The number of nitrogens with one attached hydrogen (secondary N) is 1. The highest BCUT2D eigenvalue weighted by atomic mass is 32.2. The first kappa shape index (κ1) is 13.7. The maximum absolute atomic E-state index is 11.3.